The van der Waals surface area contributed by atoms with Crippen LogP contribution in [0.25, 0.3) is 0 Å². The first-order valence-corrected chi connectivity index (χ1v) is 6.14. The van der Waals surface area contributed by atoms with Crippen molar-refractivity contribution in [3.05, 3.63) is 0 Å². The summed E-state index contributed by atoms with van der Waals surface area (Å²) in [5.74, 6) is -1.14. The molecule has 0 aliphatic heterocycles. The molecule has 18 heavy (non-hydrogen) atoms. The molecule has 0 saturated carbocycles. The van der Waals surface area contributed by atoms with Gasteiger partial charge in [0.1, 0.15) is 0 Å². The van der Waals surface area contributed by atoms with Crippen molar-refractivity contribution in [2.24, 2.45) is 5.41 Å². The number of esters is 2. The third-order valence-corrected chi connectivity index (χ3v) is 2.59. The Morgan fingerprint density at radius 2 is 1.83 bits per heavy atom. The number of halogens is 1. The molecule has 1 atom stereocenters. The van der Waals surface area contributed by atoms with E-state index in [-0.39, 0.29) is 19.4 Å². The van der Waals surface area contributed by atoms with Crippen molar-refractivity contribution in [3.63, 3.8) is 0 Å². The first kappa shape index (κ1) is 16.9. The van der Waals surface area contributed by atoms with Crippen molar-refractivity contribution in [1.29, 1.82) is 0 Å². The fourth-order valence-corrected chi connectivity index (χ4v) is 1.24. The summed E-state index contributed by atoms with van der Waals surface area (Å²) >= 11 is 5.22. The third-order valence-electron chi connectivity index (χ3n) is 2.40. The van der Waals surface area contributed by atoms with E-state index in [4.69, 9.17) is 21.1 Å². The Morgan fingerprint density at radius 1 is 1.28 bits per heavy atom. The number of ether oxygens (including phenoxy) is 2. The van der Waals surface area contributed by atoms with E-state index in [1.807, 2.05) is 0 Å². The highest BCUT2D eigenvalue weighted by Gasteiger charge is 2.32. The topological polar surface area (TPSA) is 69.7 Å². The molecule has 0 saturated heterocycles. The summed E-state index contributed by atoms with van der Waals surface area (Å²) in [6.07, 6.45) is -0.607. The van der Waals surface area contributed by atoms with Gasteiger partial charge in [-0.2, -0.15) is 0 Å². The summed E-state index contributed by atoms with van der Waals surface area (Å²) in [6.45, 7) is 6.60. The fraction of sp³-hybridized carbons (Fsp3) is 0.750. The quantitative estimate of drug-likeness (QED) is 0.526. The van der Waals surface area contributed by atoms with Crippen molar-refractivity contribution in [1.82, 2.24) is 0 Å². The van der Waals surface area contributed by atoms with E-state index >= 15 is 0 Å². The zero-order chi connectivity index (χ0) is 14.3. The van der Waals surface area contributed by atoms with Gasteiger partial charge in [0.25, 0.3) is 0 Å². The second-order valence-corrected chi connectivity index (χ2v) is 4.96. The molecule has 104 valence electrons. The van der Waals surface area contributed by atoms with Crippen LogP contribution in [0.2, 0.25) is 0 Å². The van der Waals surface area contributed by atoms with E-state index in [1.54, 1.807) is 20.8 Å². The standard InChI is InChI=1S/C12H19ClO5/c1-5-17-10(15)8(2)18-11(16)12(3,4)7-6-9(13)14/h8H,5-7H2,1-4H3. The van der Waals surface area contributed by atoms with Crippen LogP contribution in [0.3, 0.4) is 0 Å². The van der Waals surface area contributed by atoms with Crippen LogP contribution in [0.15, 0.2) is 0 Å². The average molecular weight is 279 g/mol. The molecule has 6 heteroatoms. The number of rotatable bonds is 7. The lowest BCUT2D eigenvalue weighted by Crippen LogP contribution is -2.34. The average Bonchev–Trinajstić information content (AvgIpc) is 2.26. The molecule has 5 nitrogen and oxygen atoms in total. The number of carbonyl (C=O) groups is 3. The van der Waals surface area contributed by atoms with Crippen molar-refractivity contribution >= 4 is 28.8 Å². The van der Waals surface area contributed by atoms with Crippen LogP contribution < -0.4 is 0 Å². The molecule has 0 aromatic carbocycles. The van der Waals surface area contributed by atoms with E-state index in [0.717, 1.165) is 0 Å². The fourth-order valence-electron chi connectivity index (χ4n) is 1.14. The maximum atomic E-state index is 11.8. The van der Waals surface area contributed by atoms with Crippen LogP contribution in [0.4, 0.5) is 0 Å². The normalized spacial score (nSPS) is 12.7. The van der Waals surface area contributed by atoms with Gasteiger partial charge in [0.15, 0.2) is 6.10 Å². The SMILES string of the molecule is CCOC(=O)C(C)OC(=O)C(C)(C)CCC(=O)Cl. The third kappa shape index (κ3) is 6.00. The molecule has 0 aromatic heterocycles. The highest BCUT2D eigenvalue weighted by atomic mass is 35.5. The van der Waals surface area contributed by atoms with Gasteiger partial charge < -0.3 is 9.47 Å². The van der Waals surface area contributed by atoms with Crippen molar-refractivity contribution in [2.75, 3.05) is 6.61 Å². The van der Waals surface area contributed by atoms with Gasteiger partial charge in [-0.15, -0.1) is 0 Å². The minimum absolute atomic E-state index is 0.0808. The van der Waals surface area contributed by atoms with Gasteiger partial charge in [-0.1, -0.05) is 0 Å². The number of hydrogen-bond donors (Lipinski definition) is 0. The van der Waals surface area contributed by atoms with Crippen LogP contribution in [0.5, 0.6) is 0 Å². The summed E-state index contributed by atoms with van der Waals surface area (Å²) in [5, 5.41) is -0.505. The van der Waals surface area contributed by atoms with E-state index in [0.29, 0.717) is 0 Å². The van der Waals surface area contributed by atoms with Crippen molar-refractivity contribution < 1.29 is 23.9 Å². The van der Waals surface area contributed by atoms with Gasteiger partial charge in [-0.25, -0.2) is 4.79 Å². The zero-order valence-corrected chi connectivity index (χ0v) is 11.9. The maximum Gasteiger partial charge on any atom is 0.347 e. The molecular formula is C12H19ClO5. The number of carbonyl (C=O) groups excluding carboxylic acids is 3. The zero-order valence-electron chi connectivity index (χ0n) is 11.1. The molecule has 0 amide bonds. The van der Waals surface area contributed by atoms with Gasteiger partial charge >= 0.3 is 11.9 Å². The van der Waals surface area contributed by atoms with Crippen LogP contribution >= 0.6 is 11.6 Å². The van der Waals surface area contributed by atoms with E-state index in [2.05, 4.69) is 0 Å². The monoisotopic (exact) mass is 278 g/mol. The van der Waals surface area contributed by atoms with Crippen LogP contribution in [0.1, 0.15) is 40.5 Å². The molecule has 0 heterocycles. The second kappa shape index (κ2) is 7.36. The van der Waals surface area contributed by atoms with Gasteiger partial charge in [0.2, 0.25) is 5.24 Å². The molecule has 0 aliphatic carbocycles. The molecular weight excluding hydrogens is 260 g/mol. The maximum absolute atomic E-state index is 11.8. The second-order valence-electron chi connectivity index (χ2n) is 4.54. The smallest absolute Gasteiger partial charge is 0.347 e. The Bertz CT molecular complexity index is 324. The Hall–Kier alpha value is -1.10. The molecule has 0 rings (SSSR count). The minimum atomic E-state index is -0.955. The summed E-state index contributed by atoms with van der Waals surface area (Å²) in [7, 11) is 0. The van der Waals surface area contributed by atoms with Crippen LogP contribution in [0, 0.1) is 5.41 Å². The summed E-state index contributed by atoms with van der Waals surface area (Å²) in [5.41, 5.74) is -0.870. The minimum Gasteiger partial charge on any atom is -0.463 e. The summed E-state index contributed by atoms with van der Waals surface area (Å²) < 4.78 is 9.72. The van der Waals surface area contributed by atoms with Gasteiger partial charge in [-0.3, -0.25) is 9.59 Å². The lowest BCUT2D eigenvalue weighted by Gasteiger charge is -2.23. The lowest BCUT2D eigenvalue weighted by atomic mass is 9.88. The van der Waals surface area contributed by atoms with E-state index in [1.165, 1.54) is 6.92 Å². The van der Waals surface area contributed by atoms with Crippen LogP contribution in [-0.2, 0) is 23.9 Å². The summed E-state index contributed by atoms with van der Waals surface area (Å²) in [4.78, 5) is 33.8. The van der Waals surface area contributed by atoms with Gasteiger partial charge in [-0.05, 0) is 45.7 Å². The summed E-state index contributed by atoms with van der Waals surface area (Å²) in [6, 6.07) is 0. The molecule has 0 aliphatic rings. The molecule has 0 spiro atoms. The lowest BCUT2D eigenvalue weighted by molar-refractivity contribution is -0.172. The largest absolute Gasteiger partial charge is 0.463 e. The molecule has 1 unspecified atom stereocenters. The Labute approximate surface area is 112 Å². The highest BCUT2D eigenvalue weighted by Crippen LogP contribution is 2.25. The van der Waals surface area contributed by atoms with E-state index in [9.17, 15) is 14.4 Å². The van der Waals surface area contributed by atoms with Gasteiger partial charge in [0, 0.05) is 6.42 Å². The molecule has 0 radical (unpaired) electrons. The predicted molar refractivity (Wildman–Crippen MR) is 66.1 cm³/mol. The molecule has 0 bridgehead atoms. The Morgan fingerprint density at radius 3 is 2.28 bits per heavy atom. The highest BCUT2D eigenvalue weighted by molar-refractivity contribution is 6.63. The van der Waals surface area contributed by atoms with Crippen LogP contribution in [-0.4, -0.2) is 29.9 Å². The van der Waals surface area contributed by atoms with Crippen molar-refractivity contribution in [3.8, 4) is 0 Å². The van der Waals surface area contributed by atoms with E-state index < -0.39 is 28.7 Å². The Kier molecular flexibility index (Phi) is 6.91. The van der Waals surface area contributed by atoms with Gasteiger partial charge in [0.05, 0.1) is 12.0 Å². The Balaban J connectivity index is 4.37. The molecule has 0 aromatic rings. The first-order chi connectivity index (χ1) is 8.20. The van der Waals surface area contributed by atoms with Crippen molar-refractivity contribution in [2.45, 2.75) is 46.6 Å². The first-order valence-electron chi connectivity index (χ1n) is 5.76. The molecule has 0 fully saturated rings. The predicted octanol–water partition coefficient (Wildman–Crippen LogP) is 2.05. The number of hydrogen-bond acceptors (Lipinski definition) is 5. The molecule has 0 N–H and O–H groups in total.